The summed E-state index contributed by atoms with van der Waals surface area (Å²) in [6.45, 7) is 0. The molecule has 0 bridgehead atoms. The van der Waals surface area contributed by atoms with Gasteiger partial charge in [0, 0.05) is 12.0 Å². The summed E-state index contributed by atoms with van der Waals surface area (Å²) in [5, 5.41) is 17.6. The number of aliphatic carboxylic acids is 1. The first kappa shape index (κ1) is 17.6. The molecule has 2 aromatic carbocycles. The molecule has 0 fully saturated rings. The van der Waals surface area contributed by atoms with Gasteiger partial charge in [0.25, 0.3) is 5.91 Å². The fourth-order valence-corrected chi connectivity index (χ4v) is 2.66. The molecule has 1 aliphatic heterocycles. The summed E-state index contributed by atoms with van der Waals surface area (Å²) < 4.78 is 13.3. The number of amides is 1. The molecule has 0 saturated heterocycles. The summed E-state index contributed by atoms with van der Waals surface area (Å²) in [7, 11) is 0. The van der Waals surface area contributed by atoms with Gasteiger partial charge >= 0.3 is 0 Å². The Hall–Kier alpha value is -3.22. The smallest absolute Gasteiger partial charge is 0.264 e. The lowest BCUT2D eigenvalue weighted by Gasteiger charge is -2.21. The first-order valence-corrected chi connectivity index (χ1v) is 8.06. The van der Waals surface area contributed by atoms with Crippen LogP contribution in [0.1, 0.15) is 17.5 Å². The Labute approximate surface area is 149 Å². The molecule has 3 rings (SSSR count). The molecule has 134 valence electrons. The van der Waals surface area contributed by atoms with Crippen LogP contribution in [0.4, 0.5) is 4.39 Å². The van der Waals surface area contributed by atoms with E-state index in [0.717, 1.165) is 5.56 Å². The van der Waals surface area contributed by atoms with Gasteiger partial charge in [-0.3, -0.25) is 4.79 Å². The van der Waals surface area contributed by atoms with Crippen LogP contribution in [-0.2, 0) is 20.8 Å². The Morgan fingerprint density at radius 1 is 1.23 bits per heavy atom. The number of carbonyl (C=O) groups is 2. The van der Waals surface area contributed by atoms with Gasteiger partial charge in [0.1, 0.15) is 5.82 Å². The highest BCUT2D eigenvalue weighted by atomic mass is 19.1. The Bertz CT molecular complexity index is 838. The van der Waals surface area contributed by atoms with Crippen molar-refractivity contribution < 1.29 is 23.9 Å². The molecule has 7 heteroatoms. The molecule has 1 aliphatic rings. The van der Waals surface area contributed by atoms with E-state index >= 15 is 0 Å². The Kier molecular flexibility index (Phi) is 5.26. The van der Waals surface area contributed by atoms with E-state index in [9.17, 15) is 19.1 Å². The molecule has 0 radical (unpaired) electrons. The van der Waals surface area contributed by atoms with Gasteiger partial charge in [-0.25, -0.2) is 4.39 Å². The minimum Gasteiger partial charge on any atom is -0.548 e. The third kappa shape index (κ3) is 4.24. The second-order valence-corrected chi connectivity index (χ2v) is 5.92. The Morgan fingerprint density at radius 3 is 2.69 bits per heavy atom. The number of hydrogen-bond acceptors (Lipinski definition) is 5. The van der Waals surface area contributed by atoms with E-state index in [-0.39, 0.29) is 12.8 Å². The van der Waals surface area contributed by atoms with Crippen molar-refractivity contribution in [2.45, 2.75) is 25.0 Å². The van der Waals surface area contributed by atoms with E-state index in [1.165, 1.54) is 18.2 Å². The van der Waals surface area contributed by atoms with Crippen molar-refractivity contribution in [1.82, 2.24) is 5.32 Å². The monoisotopic (exact) mass is 355 g/mol. The zero-order valence-electron chi connectivity index (χ0n) is 13.7. The van der Waals surface area contributed by atoms with E-state index < -0.39 is 29.8 Å². The molecular weight excluding hydrogens is 339 g/mol. The predicted molar refractivity (Wildman–Crippen MR) is 89.5 cm³/mol. The molecule has 0 aromatic heterocycles. The van der Waals surface area contributed by atoms with Crippen LogP contribution in [-0.4, -0.2) is 29.7 Å². The molecule has 0 unspecified atom stereocenters. The molecule has 26 heavy (non-hydrogen) atoms. The molecule has 0 spiro atoms. The number of oxime groups is 1. The topological polar surface area (TPSA) is 90.8 Å². The maximum Gasteiger partial charge on any atom is 0.264 e. The summed E-state index contributed by atoms with van der Waals surface area (Å²) in [5.41, 5.74) is 1.70. The minimum atomic E-state index is -1.38. The van der Waals surface area contributed by atoms with Crippen LogP contribution in [0.5, 0.6) is 0 Å². The molecule has 6 nitrogen and oxygen atoms in total. The molecule has 1 N–H and O–H groups in total. The summed E-state index contributed by atoms with van der Waals surface area (Å²) in [6.07, 6.45) is -0.745. The number of carboxylic acids is 1. The van der Waals surface area contributed by atoms with Crippen molar-refractivity contribution in [3.8, 4) is 0 Å². The number of halogens is 1. The highest BCUT2D eigenvalue weighted by Gasteiger charge is 2.30. The van der Waals surface area contributed by atoms with E-state index in [0.29, 0.717) is 11.3 Å². The zero-order chi connectivity index (χ0) is 18.5. The first-order chi connectivity index (χ1) is 12.5. The lowest BCUT2D eigenvalue weighted by molar-refractivity contribution is -0.308. The van der Waals surface area contributed by atoms with Gasteiger partial charge in [-0.1, -0.05) is 47.6 Å². The number of carbonyl (C=O) groups excluding carboxylic acids is 2. The lowest BCUT2D eigenvalue weighted by Crippen LogP contribution is -2.51. The number of benzene rings is 2. The van der Waals surface area contributed by atoms with E-state index in [1.54, 1.807) is 30.3 Å². The molecule has 2 atom stereocenters. The van der Waals surface area contributed by atoms with Gasteiger partial charge in [-0.05, 0) is 24.1 Å². The zero-order valence-corrected chi connectivity index (χ0v) is 13.7. The normalized spacial score (nSPS) is 17.1. The Balaban J connectivity index is 1.61. The van der Waals surface area contributed by atoms with E-state index in [1.807, 2.05) is 6.07 Å². The molecular formula is C19H16FN2O4-. The van der Waals surface area contributed by atoms with E-state index in [2.05, 4.69) is 10.5 Å². The predicted octanol–water partition coefficient (Wildman–Crippen LogP) is 0.796. The van der Waals surface area contributed by atoms with Gasteiger partial charge in [-0.2, -0.15) is 0 Å². The van der Waals surface area contributed by atoms with Crippen LogP contribution in [0.2, 0.25) is 0 Å². The van der Waals surface area contributed by atoms with Gasteiger partial charge in [0.15, 0.2) is 0 Å². The minimum absolute atomic E-state index is 0.0965. The third-order valence-electron chi connectivity index (χ3n) is 4.00. The molecule has 1 heterocycles. The van der Waals surface area contributed by atoms with Gasteiger partial charge in [0.2, 0.25) is 6.10 Å². The van der Waals surface area contributed by atoms with Crippen LogP contribution in [0.3, 0.4) is 0 Å². The maximum atomic E-state index is 13.3. The van der Waals surface area contributed by atoms with Crippen molar-refractivity contribution in [2.75, 3.05) is 0 Å². The van der Waals surface area contributed by atoms with Gasteiger partial charge in [-0.15, -0.1) is 0 Å². The highest BCUT2D eigenvalue weighted by Crippen LogP contribution is 2.18. The number of nitrogens with one attached hydrogen (secondary N) is 1. The Morgan fingerprint density at radius 2 is 2.00 bits per heavy atom. The average molecular weight is 355 g/mol. The van der Waals surface area contributed by atoms with Crippen LogP contribution in [0, 0.1) is 5.82 Å². The molecule has 0 saturated carbocycles. The van der Waals surface area contributed by atoms with Crippen molar-refractivity contribution in [3.05, 3.63) is 71.5 Å². The van der Waals surface area contributed by atoms with Crippen LogP contribution < -0.4 is 10.4 Å². The number of nitrogens with zero attached hydrogens (tertiary/aromatic N) is 1. The summed E-state index contributed by atoms with van der Waals surface area (Å²) in [6, 6.07) is 13.5. The standard InChI is InChI=1S/C19H17FN2O4/c20-14-8-4-7-13(10-14)15-11-17(26-22-15)18(23)21-16(19(24)25)9-12-5-2-1-3-6-12/h1-8,10,16-17H,9,11H2,(H,21,23)(H,24,25)/p-1/t16-,17+/m0/s1. The molecule has 0 aliphatic carbocycles. The van der Waals surface area contributed by atoms with Crippen molar-refractivity contribution >= 4 is 17.6 Å². The van der Waals surface area contributed by atoms with Crippen LogP contribution in [0.25, 0.3) is 0 Å². The SMILES string of the molecule is O=C([O-])[C@H](Cc1ccccc1)NC(=O)[C@H]1CC(c2cccc(F)c2)=NO1. The first-order valence-electron chi connectivity index (χ1n) is 8.06. The fraction of sp³-hybridized carbons (Fsp3) is 0.211. The summed E-state index contributed by atoms with van der Waals surface area (Å²) >= 11 is 0. The van der Waals surface area contributed by atoms with Gasteiger partial charge in [0.05, 0.1) is 17.7 Å². The van der Waals surface area contributed by atoms with Crippen molar-refractivity contribution in [3.63, 3.8) is 0 Å². The van der Waals surface area contributed by atoms with Gasteiger partial charge < -0.3 is 20.1 Å². The number of carboxylic acid groups (broad SMARTS) is 1. The maximum absolute atomic E-state index is 13.3. The lowest BCUT2D eigenvalue weighted by atomic mass is 10.0. The van der Waals surface area contributed by atoms with Crippen LogP contribution >= 0.6 is 0 Å². The molecule has 2 aromatic rings. The second kappa shape index (κ2) is 7.77. The third-order valence-corrected chi connectivity index (χ3v) is 4.00. The number of rotatable bonds is 6. The van der Waals surface area contributed by atoms with Crippen molar-refractivity contribution in [2.24, 2.45) is 5.16 Å². The quantitative estimate of drug-likeness (QED) is 0.830. The average Bonchev–Trinajstić information content (AvgIpc) is 3.12. The highest BCUT2D eigenvalue weighted by molar-refractivity contribution is 6.04. The number of hydrogen-bond donors (Lipinski definition) is 1. The second-order valence-electron chi connectivity index (χ2n) is 5.92. The fourth-order valence-electron chi connectivity index (χ4n) is 2.66. The van der Waals surface area contributed by atoms with Crippen LogP contribution in [0.15, 0.2) is 59.8 Å². The molecule has 1 amide bonds. The summed E-state index contributed by atoms with van der Waals surface area (Å²) in [4.78, 5) is 28.8. The van der Waals surface area contributed by atoms with Crippen molar-refractivity contribution in [1.29, 1.82) is 0 Å². The largest absolute Gasteiger partial charge is 0.548 e. The summed E-state index contributed by atoms with van der Waals surface area (Å²) in [5.74, 6) is -2.41. The van der Waals surface area contributed by atoms with E-state index in [4.69, 9.17) is 4.84 Å².